The molecular formula is C19H20N2O3. The van der Waals surface area contributed by atoms with Crippen LogP contribution in [0.5, 0.6) is 0 Å². The largest absolute Gasteiger partial charge is 0.459 e. The summed E-state index contributed by atoms with van der Waals surface area (Å²) in [6.45, 7) is 2.07. The molecule has 0 aliphatic heterocycles. The normalized spacial score (nSPS) is 13.4. The van der Waals surface area contributed by atoms with Crippen molar-refractivity contribution < 1.29 is 14.3 Å². The van der Waals surface area contributed by atoms with Gasteiger partial charge in [-0.2, -0.15) is 0 Å². The number of rotatable bonds is 5. The Hall–Kier alpha value is -2.79. The highest BCUT2D eigenvalue weighted by molar-refractivity contribution is 5.78. The Morgan fingerprint density at radius 3 is 2.54 bits per heavy atom. The Labute approximate surface area is 140 Å². The van der Waals surface area contributed by atoms with Crippen LogP contribution in [0.15, 0.2) is 65.1 Å². The van der Waals surface area contributed by atoms with E-state index < -0.39 is 5.60 Å². The van der Waals surface area contributed by atoms with Gasteiger partial charge in [-0.1, -0.05) is 48.5 Å². The first-order valence-electron chi connectivity index (χ1n) is 7.82. The first-order chi connectivity index (χ1) is 11.5. The molecule has 5 nitrogen and oxygen atoms in total. The number of furan rings is 1. The van der Waals surface area contributed by atoms with Gasteiger partial charge in [0.15, 0.2) is 0 Å². The van der Waals surface area contributed by atoms with Crippen molar-refractivity contribution in [1.29, 1.82) is 0 Å². The Morgan fingerprint density at radius 2 is 1.79 bits per heavy atom. The molecule has 0 spiro atoms. The Kier molecular flexibility index (Phi) is 4.53. The Balaban J connectivity index is 1.52. The molecule has 3 rings (SSSR count). The lowest BCUT2D eigenvalue weighted by atomic mass is 9.96. The molecule has 0 saturated carbocycles. The molecule has 0 aliphatic carbocycles. The van der Waals surface area contributed by atoms with Crippen LogP contribution in [0.3, 0.4) is 0 Å². The highest BCUT2D eigenvalue weighted by Gasteiger charge is 2.23. The summed E-state index contributed by atoms with van der Waals surface area (Å²) in [7, 11) is 0. The van der Waals surface area contributed by atoms with E-state index in [0.717, 1.165) is 16.5 Å². The van der Waals surface area contributed by atoms with Crippen LogP contribution < -0.4 is 10.6 Å². The van der Waals surface area contributed by atoms with Crippen LogP contribution >= 0.6 is 0 Å². The van der Waals surface area contributed by atoms with E-state index >= 15 is 0 Å². The molecule has 2 aromatic carbocycles. The Bertz CT molecular complexity index is 792. The Morgan fingerprint density at radius 1 is 1.08 bits per heavy atom. The van der Waals surface area contributed by atoms with Crippen LogP contribution in [0.1, 0.15) is 18.2 Å². The zero-order chi connectivity index (χ0) is 17.0. The number of para-hydroxylation sites is 1. The number of nitrogens with one attached hydrogen (secondary N) is 2. The van der Waals surface area contributed by atoms with E-state index in [2.05, 4.69) is 10.6 Å². The van der Waals surface area contributed by atoms with Gasteiger partial charge in [-0.15, -0.1) is 0 Å². The molecule has 1 unspecified atom stereocenters. The molecule has 1 atom stereocenters. The second-order valence-electron chi connectivity index (χ2n) is 5.93. The summed E-state index contributed by atoms with van der Waals surface area (Å²) in [5.41, 5.74) is 0.419. The summed E-state index contributed by atoms with van der Waals surface area (Å²) in [4.78, 5) is 11.9. The van der Waals surface area contributed by atoms with Crippen LogP contribution in [-0.4, -0.2) is 17.7 Å². The first kappa shape index (κ1) is 16.1. The van der Waals surface area contributed by atoms with Crippen molar-refractivity contribution in [2.24, 2.45) is 0 Å². The van der Waals surface area contributed by atoms with Crippen LogP contribution in [-0.2, 0) is 12.1 Å². The number of benzene rings is 2. The monoisotopic (exact) mass is 324 g/mol. The van der Waals surface area contributed by atoms with Crippen molar-refractivity contribution >= 4 is 17.0 Å². The summed E-state index contributed by atoms with van der Waals surface area (Å²) < 4.78 is 5.64. The number of carbonyl (C=O) groups excluding carboxylic acids is 1. The van der Waals surface area contributed by atoms with Crippen molar-refractivity contribution in [3.63, 3.8) is 0 Å². The third-order valence-corrected chi connectivity index (χ3v) is 3.89. The summed E-state index contributed by atoms with van der Waals surface area (Å²) in [5.74, 6) is 0.682. The van der Waals surface area contributed by atoms with Gasteiger partial charge in [0.2, 0.25) is 0 Å². The van der Waals surface area contributed by atoms with E-state index in [1.54, 1.807) is 6.92 Å². The first-order valence-corrected chi connectivity index (χ1v) is 7.82. The molecule has 0 saturated heterocycles. The number of amides is 2. The lowest BCUT2D eigenvalue weighted by Gasteiger charge is -2.24. The summed E-state index contributed by atoms with van der Waals surface area (Å²) in [6.07, 6.45) is 0. The molecule has 0 radical (unpaired) electrons. The molecule has 0 aliphatic rings. The van der Waals surface area contributed by atoms with Crippen LogP contribution in [0.25, 0.3) is 11.0 Å². The maximum atomic E-state index is 11.9. The van der Waals surface area contributed by atoms with Gasteiger partial charge in [-0.05, 0) is 24.6 Å². The quantitative estimate of drug-likeness (QED) is 0.675. The minimum Gasteiger partial charge on any atom is -0.459 e. The zero-order valence-electron chi connectivity index (χ0n) is 13.5. The minimum absolute atomic E-state index is 0.114. The third-order valence-electron chi connectivity index (χ3n) is 3.89. The lowest BCUT2D eigenvalue weighted by Crippen LogP contribution is -2.43. The number of hydrogen-bond acceptors (Lipinski definition) is 3. The average Bonchev–Trinajstić information content (AvgIpc) is 3.02. The molecule has 3 aromatic rings. The fourth-order valence-corrected chi connectivity index (χ4v) is 2.51. The second kappa shape index (κ2) is 6.76. The maximum Gasteiger partial charge on any atom is 0.315 e. The molecule has 2 amide bonds. The van der Waals surface area contributed by atoms with Crippen molar-refractivity contribution in [3.8, 4) is 0 Å². The number of fused-ring (bicyclic) bond motifs is 1. The van der Waals surface area contributed by atoms with E-state index in [9.17, 15) is 9.90 Å². The number of carbonyl (C=O) groups is 1. The predicted molar refractivity (Wildman–Crippen MR) is 92.5 cm³/mol. The standard InChI is InChI=1S/C19H20N2O3/c1-19(23,15-8-3-2-4-9-15)13-21-18(22)20-12-16-11-14-7-5-6-10-17(14)24-16/h2-11,23H,12-13H2,1H3,(H2,20,21,22). The van der Waals surface area contributed by atoms with E-state index in [-0.39, 0.29) is 19.1 Å². The number of hydrogen-bond donors (Lipinski definition) is 3. The van der Waals surface area contributed by atoms with Gasteiger partial charge in [-0.3, -0.25) is 0 Å². The smallest absolute Gasteiger partial charge is 0.315 e. The molecule has 5 heteroatoms. The van der Waals surface area contributed by atoms with Crippen LogP contribution in [0.4, 0.5) is 4.79 Å². The summed E-state index contributed by atoms with van der Waals surface area (Å²) in [5, 5.41) is 16.9. The third kappa shape index (κ3) is 3.75. The van der Waals surface area contributed by atoms with Gasteiger partial charge >= 0.3 is 6.03 Å². The highest BCUT2D eigenvalue weighted by Crippen LogP contribution is 2.19. The van der Waals surface area contributed by atoms with E-state index in [0.29, 0.717) is 5.76 Å². The second-order valence-corrected chi connectivity index (χ2v) is 5.93. The van der Waals surface area contributed by atoms with Crippen LogP contribution in [0.2, 0.25) is 0 Å². The van der Waals surface area contributed by atoms with Crippen LogP contribution in [0, 0.1) is 0 Å². The van der Waals surface area contributed by atoms with Gasteiger partial charge in [0, 0.05) is 5.39 Å². The lowest BCUT2D eigenvalue weighted by molar-refractivity contribution is 0.0593. The zero-order valence-corrected chi connectivity index (χ0v) is 13.5. The summed E-state index contributed by atoms with van der Waals surface area (Å²) >= 11 is 0. The fourth-order valence-electron chi connectivity index (χ4n) is 2.51. The van der Waals surface area contributed by atoms with Gasteiger partial charge in [-0.25, -0.2) is 4.79 Å². The molecule has 24 heavy (non-hydrogen) atoms. The molecule has 3 N–H and O–H groups in total. The molecule has 124 valence electrons. The topological polar surface area (TPSA) is 74.5 Å². The summed E-state index contributed by atoms with van der Waals surface area (Å²) in [6, 6.07) is 18.5. The maximum absolute atomic E-state index is 11.9. The van der Waals surface area contributed by atoms with Gasteiger partial charge in [0.1, 0.15) is 16.9 Å². The van der Waals surface area contributed by atoms with Gasteiger partial charge in [0.05, 0.1) is 13.1 Å². The number of urea groups is 1. The van der Waals surface area contributed by atoms with Crippen molar-refractivity contribution in [2.45, 2.75) is 19.1 Å². The van der Waals surface area contributed by atoms with E-state index in [1.807, 2.05) is 60.7 Å². The van der Waals surface area contributed by atoms with Crippen molar-refractivity contribution in [3.05, 3.63) is 72.0 Å². The minimum atomic E-state index is -1.13. The SMILES string of the molecule is CC(O)(CNC(=O)NCc1cc2ccccc2o1)c1ccccc1. The van der Waals surface area contributed by atoms with Crippen molar-refractivity contribution in [2.75, 3.05) is 6.54 Å². The number of aliphatic hydroxyl groups is 1. The van der Waals surface area contributed by atoms with E-state index in [4.69, 9.17) is 4.42 Å². The molecule has 1 aromatic heterocycles. The molecule has 0 bridgehead atoms. The predicted octanol–water partition coefficient (Wildman–Crippen LogP) is 3.14. The van der Waals surface area contributed by atoms with E-state index in [1.165, 1.54) is 0 Å². The van der Waals surface area contributed by atoms with Crippen molar-refractivity contribution in [1.82, 2.24) is 10.6 Å². The highest BCUT2D eigenvalue weighted by atomic mass is 16.3. The average molecular weight is 324 g/mol. The fraction of sp³-hybridized carbons (Fsp3) is 0.211. The molecule has 1 heterocycles. The van der Waals surface area contributed by atoms with Gasteiger partial charge < -0.3 is 20.2 Å². The van der Waals surface area contributed by atoms with Gasteiger partial charge in [0.25, 0.3) is 0 Å². The molecular weight excluding hydrogens is 304 g/mol. The molecule has 0 fully saturated rings.